The van der Waals surface area contributed by atoms with Crippen molar-refractivity contribution < 1.29 is 12.8 Å². The van der Waals surface area contributed by atoms with Crippen molar-refractivity contribution in [2.24, 2.45) is 5.73 Å². The molecule has 0 saturated heterocycles. The third-order valence-electron chi connectivity index (χ3n) is 2.78. The predicted molar refractivity (Wildman–Crippen MR) is 81.0 cm³/mol. The Morgan fingerprint density at radius 3 is 2.60 bits per heavy atom. The summed E-state index contributed by atoms with van der Waals surface area (Å²) in [5, 5.41) is 0. The van der Waals surface area contributed by atoms with Crippen LogP contribution in [0.5, 0.6) is 0 Å². The second-order valence-electron chi connectivity index (χ2n) is 4.43. The van der Waals surface area contributed by atoms with E-state index in [1.807, 2.05) is 13.0 Å². The molecule has 20 heavy (non-hydrogen) atoms. The van der Waals surface area contributed by atoms with Crippen molar-refractivity contribution in [3.8, 4) is 0 Å². The zero-order valence-corrected chi connectivity index (χ0v) is 13.5. The Morgan fingerprint density at radius 2 is 2.00 bits per heavy atom. The summed E-state index contributed by atoms with van der Waals surface area (Å²) in [7, 11) is -3.70. The van der Waals surface area contributed by atoms with E-state index in [1.54, 1.807) is 19.1 Å². The molecule has 3 N–H and O–H groups in total. The number of nitrogens with one attached hydrogen (secondary N) is 1. The topological polar surface area (TPSA) is 85.3 Å². The molecular weight excluding hydrogens is 344 g/mol. The molecule has 0 atom stereocenters. The van der Waals surface area contributed by atoms with E-state index in [0.717, 1.165) is 5.56 Å². The molecule has 0 radical (unpaired) electrons. The van der Waals surface area contributed by atoms with Crippen molar-refractivity contribution in [1.29, 1.82) is 0 Å². The van der Waals surface area contributed by atoms with Crippen LogP contribution in [-0.4, -0.2) is 8.42 Å². The van der Waals surface area contributed by atoms with Gasteiger partial charge in [0.05, 0.1) is 12.2 Å². The molecule has 0 fully saturated rings. The van der Waals surface area contributed by atoms with Gasteiger partial charge in [0.15, 0.2) is 0 Å². The van der Waals surface area contributed by atoms with E-state index in [2.05, 4.69) is 20.7 Å². The first-order valence-corrected chi connectivity index (χ1v) is 8.19. The molecule has 0 bridgehead atoms. The van der Waals surface area contributed by atoms with E-state index in [9.17, 15) is 8.42 Å². The Kier molecular flexibility index (Phi) is 4.22. The molecule has 2 rings (SSSR count). The van der Waals surface area contributed by atoms with Crippen molar-refractivity contribution in [2.45, 2.75) is 25.3 Å². The highest BCUT2D eigenvalue weighted by molar-refractivity contribution is 9.10. The lowest BCUT2D eigenvalue weighted by Gasteiger charge is -2.09. The van der Waals surface area contributed by atoms with Crippen LogP contribution in [0.4, 0.5) is 5.69 Å². The average Bonchev–Trinajstić information content (AvgIpc) is 2.76. The predicted octanol–water partition coefficient (Wildman–Crippen LogP) is 2.92. The van der Waals surface area contributed by atoms with Gasteiger partial charge < -0.3 is 10.2 Å². The average molecular weight is 359 g/mol. The summed E-state index contributed by atoms with van der Waals surface area (Å²) in [5.74, 6) is 0.757. The van der Waals surface area contributed by atoms with Gasteiger partial charge in [0.25, 0.3) is 10.0 Å². The molecule has 0 saturated carbocycles. The van der Waals surface area contributed by atoms with Crippen molar-refractivity contribution >= 4 is 31.6 Å². The first kappa shape index (κ1) is 15.1. The Labute approximate surface area is 126 Å². The smallest absolute Gasteiger partial charge is 0.265 e. The van der Waals surface area contributed by atoms with Crippen LogP contribution in [0.15, 0.2) is 38.1 Å². The minimum Gasteiger partial charge on any atom is -0.464 e. The van der Waals surface area contributed by atoms with Gasteiger partial charge in [-0.2, -0.15) is 0 Å². The van der Waals surface area contributed by atoms with Gasteiger partial charge in [-0.1, -0.05) is 6.07 Å². The minimum absolute atomic E-state index is 0.103. The summed E-state index contributed by atoms with van der Waals surface area (Å²) < 4.78 is 33.3. The van der Waals surface area contributed by atoms with Gasteiger partial charge in [-0.15, -0.1) is 0 Å². The van der Waals surface area contributed by atoms with E-state index in [4.69, 9.17) is 10.2 Å². The van der Waals surface area contributed by atoms with Gasteiger partial charge >= 0.3 is 0 Å². The maximum atomic E-state index is 12.4. The lowest BCUT2D eigenvalue weighted by Crippen LogP contribution is -2.13. The van der Waals surface area contributed by atoms with E-state index in [0.29, 0.717) is 21.7 Å². The fraction of sp³-hybridized carbons (Fsp3) is 0.231. The van der Waals surface area contributed by atoms with Crippen LogP contribution in [0.1, 0.15) is 17.1 Å². The number of anilines is 1. The number of rotatable bonds is 4. The van der Waals surface area contributed by atoms with Crippen LogP contribution in [0.2, 0.25) is 0 Å². The zero-order chi connectivity index (χ0) is 14.9. The lowest BCUT2D eigenvalue weighted by atomic mass is 10.2. The zero-order valence-electron chi connectivity index (χ0n) is 11.1. The van der Waals surface area contributed by atoms with Gasteiger partial charge in [-0.05, 0) is 47.5 Å². The van der Waals surface area contributed by atoms with E-state index in [-0.39, 0.29) is 11.4 Å². The molecule has 0 aliphatic carbocycles. The number of halogens is 1. The maximum Gasteiger partial charge on any atom is 0.265 e. The van der Waals surface area contributed by atoms with Crippen molar-refractivity contribution in [2.75, 3.05) is 4.72 Å². The first-order chi connectivity index (χ1) is 9.33. The number of sulfonamides is 1. The third kappa shape index (κ3) is 3.05. The SMILES string of the molecule is Cc1ccc(Br)c(NS(=O)(=O)c2cc(CN)oc2C)c1. The quantitative estimate of drug-likeness (QED) is 0.879. The van der Waals surface area contributed by atoms with Crippen LogP contribution in [-0.2, 0) is 16.6 Å². The summed E-state index contributed by atoms with van der Waals surface area (Å²) >= 11 is 3.32. The molecular formula is C13H15BrN2O3S. The number of furan rings is 1. The standard InChI is InChI=1S/C13H15BrN2O3S/c1-8-3-4-11(14)12(5-8)16-20(17,18)13-6-10(7-15)19-9(13)2/h3-6,16H,7,15H2,1-2H3. The summed E-state index contributed by atoms with van der Waals surface area (Å²) in [5.41, 5.74) is 6.90. The van der Waals surface area contributed by atoms with Crippen LogP contribution in [0.25, 0.3) is 0 Å². The van der Waals surface area contributed by atoms with Crippen molar-refractivity contribution in [3.05, 3.63) is 45.8 Å². The molecule has 0 amide bonds. The number of aryl methyl sites for hydroxylation is 2. The van der Waals surface area contributed by atoms with E-state index < -0.39 is 10.0 Å². The highest BCUT2D eigenvalue weighted by Gasteiger charge is 2.22. The first-order valence-electron chi connectivity index (χ1n) is 5.92. The fourth-order valence-corrected chi connectivity index (χ4v) is 3.56. The second-order valence-corrected chi connectivity index (χ2v) is 6.93. The second kappa shape index (κ2) is 5.59. The number of hydrogen-bond acceptors (Lipinski definition) is 4. The largest absolute Gasteiger partial charge is 0.464 e. The summed E-state index contributed by atoms with van der Waals surface area (Å²) in [6, 6.07) is 6.88. The normalized spacial score (nSPS) is 11.6. The maximum absolute atomic E-state index is 12.4. The van der Waals surface area contributed by atoms with Crippen molar-refractivity contribution in [1.82, 2.24) is 0 Å². The number of benzene rings is 1. The van der Waals surface area contributed by atoms with Crippen LogP contribution >= 0.6 is 15.9 Å². The van der Waals surface area contributed by atoms with Gasteiger partial charge in [0, 0.05) is 10.5 Å². The molecule has 0 unspecified atom stereocenters. The van der Waals surface area contributed by atoms with Gasteiger partial charge in [-0.25, -0.2) is 8.42 Å². The number of hydrogen-bond donors (Lipinski definition) is 2. The highest BCUT2D eigenvalue weighted by atomic mass is 79.9. The van der Waals surface area contributed by atoms with E-state index in [1.165, 1.54) is 6.07 Å². The third-order valence-corrected chi connectivity index (χ3v) is 4.94. The lowest BCUT2D eigenvalue weighted by molar-refractivity contribution is 0.479. The highest BCUT2D eigenvalue weighted by Crippen LogP contribution is 2.28. The van der Waals surface area contributed by atoms with Crippen LogP contribution < -0.4 is 10.5 Å². The van der Waals surface area contributed by atoms with Crippen molar-refractivity contribution in [3.63, 3.8) is 0 Å². The fourth-order valence-electron chi connectivity index (χ4n) is 1.81. The van der Waals surface area contributed by atoms with Crippen LogP contribution in [0.3, 0.4) is 0 Å². The molecule has 5 nitrogen and oxygen atoms in total. The Hall–Kier alpha value is -1.31. The van der Waals surface area contributed by atoms with Gasteiger partial charge in [0.2, 0.25) is 0 Å². The molecule has 1 aromatic carbocycles. The summed E-state index contributed by atoms with van der Waals surface area (Å²) in [6.07, 6.45) is 0. The molecule has 1 heterocycles. The van der Waals surface area contributed by atoms with Gasteiger partial charge in [0.1, 0.15) is 16.4 Å². The molecule has 2 aromatic rings. The van der Waals surface area contributed by atoms with Crippen LogP contribution in [0, 0.1) is 13.8 Å². The molecule has 0 aliphatic heterocycles. The van der Waals surface area contributed by atoms with Gasteiger partial charge in [-0.3, -0.25) is 4.72 Å². The summed E-state index contributed by atoms with van der Waals surface area (Å²) in [4.78, 5) is 0.103. The van der Waals surface area contributed by atoms with E-state index >= 15 is 0 Å². The molecule has 108 valence electrons. The number of nitrogens with two attached hydrogens (primary N) is 1. The molecule has 0 aliphatic rings. The molecule has 1 aromatic heterocycles. The Bertz CT molecular complexity index is 738. The Balaban J connectivity index is 2.40. The molecule has 0 spiro atoms. The Morgan fingerprint density at radius 1 is 1.30 bits per heavy atom. The monoisotopic (exact) mass is 358 g/mol. The minimum atomic E-state index is -3.70. The molecule has 7 heteroatoms. The summed E-state index contributed by atoms with van der Waals surface area (Å²) in [6.45, 7) is 3.64.